The average molecular weight is 527 g/mol. The molecule has 0 spiro atoms. The van der Waals surface area contributed by atoms with Crippen LogP contribution in [0.25, 0.3) is 0 Å². The Labute approximate surface area is 230 Å². The van der Waals surface area contributed by atoms with Gasteiger partial charge in [-0.25, -0.2) is 0 Å². The van der Waals surface area contributed by atoms with Crippen LogP contribution in [-0.2, 0) is 4.79 Å². The first-order valence-corrected chi connectivity index (χ1v) is 14.1. The first kappa shape index (κ1) is 27.0. The third-order valence-corrected chi connectivity index (χ3v) is 8.45. The molecule has 7 nitrogen and oxygen atoms in total. The highest BCUT2D eigenvalue weighted by atomic mass is 16.5. The van der Waals surface area contributed by atoms with E-state index in [0.717, 1.165) is 66.5 Å². The van der Waals surface area contributed by atoms with Gasteiger partial charge in [-0.3, -0.25) is 4.79 Å². The Morgan fingerprint density at radius 1 is 1.10 bits per heavy atom. The molecule has 5 rings (SSSR count). The summed E-state index contributed by atoms with van der Waals surface area (Å²) < 4.78 is 5.43. The van der Waals surface area contributed by atoms with Gasteiger partial charge in [0.15, 0.2) is 5.69 Å². The number of aromatic amines is 1. The van der Waals surface area contributed by atoms with Crippen molar-refractivity contribution in [3.63, 3.8) is 0 Å². The number of aliphatic hydroxyl groups is 1. The fourth-order valence-electron chi connectivity index (χ4n) is 6.32. The van der Waals surface area contributed by atoms with E-state index in [4.69, 9.17) is 4.74 Å². The maximum absolute atomic E-state index is 13.4. The summed E-state index contributed by atoms with van der Waals surface area (Å²) in [5.74, 6) is 7.47. The number of carbonyl (C=O) groups is 1. The molecule has 7 heteroatoms. The molecule has 204 valence electrons. The Bertz CT molecular complexity index is 1320. The minimum atomic E-state index is -0.485. The summed E-state index contributed by atoms with van der Waals surface area (Å²) in [5.41, 5.74) is 4.69. The van der Waals surface area contributed by atoms with Crippen molar-refractivity contribution >= 4 is 5.91 Å². The number of hydrogen-bond donors (Lipinski definition) is 3. The van der Waals surface area contributed by atoms with Gasteiger partial charge in [0.05, 0.1) is 25.5 Å². The van der Waals surface area contributed by atoms with Crippen LogP contribution in [0.4, 0.5) is 0 Å². The van der Waals surface area contributed by atoms with Crippen LogP contribution in [0.3, 0.4) is 0 Å². The number of aliphatic hydroxyl groups excluding tert-OH is 1. The lowest BCUT2D eigenvalue weighted by Crippen LogP contribution is -2.41. The Morgan fingerprint density at radius 3 is 2.67 bits per heavy atom. The molecule has 2 saturated carbocycles. The van der Waals surface area contributed by atoms with Crippen molar-refractivity contribution in [3.05, 3.63) is 76.6 Å². The van der Waals surface area contributed by atoms with Crippen LogP contribution in [0.15, 0.2) is 48.7 Å². The van der Waals surface area contributed by atoms with Gasteiger partial charge in [-0.05, 0) is 85.8 Å². The molecule has 4 atom stereocenters. The number of ether oxygens (including phenoxy) is 1. The van der Waals surface area contributed by atoms with Crippen molar-refractivity contribution in [2.45, 2.75) is 76.4 Å². The second kappa shape index (κ2) is 12.5. The van der Waals surface area contributed by atoms with Crippen LogP contribution in [0.1, 0.15) is 91.3 Å². The van der Waals surface area contributed by atoms with E-state index in [-0.39, 0.29) is 29.7 Å². The summed E-state index contributed by atoms with van der Waals surface area (Å²) in [5, 5.41) is 25.2. The summed E-state index contributed by atoms with van der Waals surface area (Å²) >= 11 is 0. The van der Waals surface area contributed by atoms with E-state index in [1.807, 2.05) is 25.1 Å². The van der Waals surface area contributed by atoms with Crippen LogP contribution in [0, 0.1) is 30.6 Å². The Balaban J connectivity index is 1.37. The molecule has 2 aromatic carbocycles. The molecule has 0 aliphatic heterocycles. The van der Waals surface area contributed by atoms with Crippen LogP contribution in [-0.4, -0.2) is 39.6 Å². The molecule has 1 heterocycles. The molecule has 0 bridgehead atoms. The van der Waals surface area contributed by atoms with Gasteiger partial charge in [0, 0.05) is 17.4 Å². The fourth-order valence-corrected chi connectivity index (χ4v) is 6.32. The van der Waals surface area contributed by atoms with E-state index in [2.05, 4.69) is 56.8 Å². The lowest BCUT2D eigenvalue weighted by atomic mass is 9.72. The molecule has 4 unspecified atom stereocenters. The SMILES string of the molecule is COc1ccc(C2CCC(C(NC(=O)C3CCCCC3)c3cccc(C#Cc4cn[nH]n4)c3)CC2O)cc1C. The number of aromatic nitrogens is 3. The van der Waals surface area contributed by atoms with Gasteiger partial charge < -0.3 is 15.2 Å². The molecule has 2 aliphatic rings. The molecule has 1 amide bonds. The Morgan fingerprint density at radius 2 is 1.95 bits per heavy atom. The van der Waals surface area contributed by atoms with Gasteiger partial charge >= 0.3 is 0 Å². The summed E-state index contributed by atoms with van der Waals surface area (Å²) in [4.78, 5) is 13.4. The topological polar surface area (TPSA) is 100 Å². The molecule has 2 fully saturated rings. The van der Waals surface area contributed by atoms with Crippen molar-refractivity contribution in [2.24, 2.45) is 11.8 Å². The lowest BCUT2D eigenvalue weighted by molar-refractivity contribution is -0.127. The van der Waals surface area contributed by atoms with E-state index in [9.17, 15) is 9.90 Å². The zero-order chi connectivity index (χ0) is 27.2. The summed E-state index contributed by atoms with van der Waals surface area (Å²) in [6, 6.07) is 14.1. The molecule has 3 aromatic rings. The third-order valence-electron chi connectivity index (χ3n) is 8.45. The Kier molecular flexibility index (Phi) is 8.63. The number of amides is 1. The normalized spacial score (nSPS) is 22.4. The van der Waals surface area contributed by atoms with Crippen molar-refractivity contribution in [1.82, 2.24) is 20.7 Å². The predicted molar refractivity (Wildman–Crippen MR) is 150 cm³/mol. The van der Waals surface area contributed by atoms with E-state index in [1.54, 1.807) is 13.3 Å². The molecule has 3 N–H and O–H groups in total. The van der Waals surface area contributed by atoms with Crippen LogP contribution < -0.4 is 10.1 Å². The van der Waals surface area contributed by atoms with E-state index < -0.39 is 6.10 Å². The first-order chi connectivity index (χ1) is 19.0. The quantitative estimate of drug-likeness (QED) is 0.383. The first-order valence-electron chi connectivity index (χ1n) is 14.1. The molecular formula is C32H38N4O3. The maximum Gasteiger partial charge on any atom is 0.223 e. The molecule has 0 saturated heterocycles. The zero-order valence-corrected chi connectivity index (χ0v) is 22.8. The molecule has 39 heavy (non-hydrogen) atoms. The number of aryl methyl sites for hydroxylation is 1. The summed E-state index contributed by atoms with van der Waals surface area (Å²) in [7, 11) is 1.68. The van der Waals surface area contributed by atoms with Crippen molar-refractivity contribution in [2.75, 3.05) is 7.11 Å². The van der Waals surface area contributed by atoms with Crippen molar-refractivity contribution < 1.29 is 14.6 Å². The smallest absolute Gasteiger partial charge is 0.223 e. The minimum Gasteiger partial charge on any atom is -0.496 e. The van der Waals surface area contributed by atoms with E-state index >= 15 is 0 Å². The van der Waals surface area contributed by atoms with Crippen molar-refractivity contribution in [1.29, 1.82) is 0 Å². The third kappa shape index (κ3) is 6.51. The minimum absolute atomic E-state index is 0.0694. The largest absolute Gasteiger partial charge is 0.496 e. The number of methoxy groups -OCH3 is 1. The van der Waals surface area contributed by atoms with Gasteiger partial charge in [0.2, 0.25) is 5.91 Å². The number of H-pyrrole nitrogens is 1. The summed E-state index contributed by atoms with van der Waals surface area (Å²) in [6.45, 7) is 2.04. The highest BCUT2D eigenvalue weighted by Crippen LogP contribution is 2.42. The van der Waals surface area contributed by atoms with Crippen LogP contribution >= 0.6 is 0 Å². The monoisotopic (exact) mass is 526 g/mol. The lowest BCUT2D eigenvalue weighted by Gasteiger charge is -2.38. The fraction of sp³-hybridized carbons (Fsp3) is 0.469. The Hall–Kier alpha value is -3.63. The number of hydrogen-bond acceptors (Lipinski definition) is 5. The molecule has 2 aliphatic carbocycles. The number of carbonyl (C=O) groups excluding carboxylic acids is 1. The average Bonchev–Trinajstić information content (AvgIpc) is 3.49. The van der Waals surface area contributed by atoms with Gasteiger partial charge in [-0.15, -0.1) is 5.10 Å². The maximum atomic E-state index is 13.4. The predicted octanol–water partition coefficient (Wildman–Crippen LogP) is 5.20. The highest BCUT2D eigenvalue weighted by Gasteiger charge is 2.36. The van der Waals surface area contributed by atoms with E-state index in [0.29, 0.717) is 12.1 Å². The number of benzene rings is 2. The summed E-state index contributed by atoms with van der Waals surface area (Å²) in [6.07, 6.45) is 8.84. The number of nitrogens with zero attached hydrogens (tertiary/aromatic N) is 2. The van der Waals surface area contributed by atoms with Crippen molar-refractivity contribution in [3.8, 4) is 17.6 Å². The van der Waals surface area contributed by atoms with Crippen LogP contribution in [0.5, 0.6) is 5.75 Å². The van der Waals surface area contributed by atoms with E-state index in [1.165, 1.54) is 6.42 Å². The van der Waals surface area contributed by atoms with Gasteiger partial charge in [-0.2, -0.15) is 10.3 Å². The zero-order valence-electron chi connectivity index (χ0n) is 22.8. The van der Waals surface area contributed by atoms with Crippen LogP contribution in [0.2, 0.25) is 0 Å². The molecule has 1 aromatic heterocycles. The highest BCUT2D eigenvalue weighted by molar-refractivity contribution is 5.79. The number of rotatable bonds is 6. The second-order valence-electron chi connectivity index (χ2n) is 11.0. The molecule has 0 radical (unpaired) electrons. The molecular weight excluding hydrogens is 488 g/mol. The van der Waals surface area contributed by atoms with Gasteiger partial charge in [0.1, 0.15) is 5.75 Å². The standard InChI is InChI=1S/C32H38N4O3/c1-21-17-24(13-16-30(21)39-2)28-15-12-26(19-29(28)37)31(34-32(38)23-8-4-3-5-9-23)25-10-6-7-22(18-25)11-14-27-20-33-36-35-27/h6-7,10,13,16-18,20,23,26,28-29,31,37H,3-5,8-9,12,15,19H2,1-2H3,(H,34,38)(H,33,35,36). The van der Waals surface area contributed by atoms with Gasteiger partial charge in [0.25, 0.3) is 0 Å². The second-order valence-corrected chi connectivity index (χ2v) is 11.0. The van der Waals surface area contributed by atoms with Gasteiger partial charge in [-0.1, -0.05) is 49.4 Å². The number of nitrogens with one attached hydrogen (secondary N) is 2.